The molecule has 0 heterocycles. The number of carbonyl (C=O) groups is 2. The molecule has 0 aliphatic rings. The molecule has 0 aromatic heterocycles. The molecule has 2 aromatic carbocycles. The molecule has 2 aromatic rings. The molecule has 0 bridgehead atoms. The molecule has 0 aliphatic heterocycles. The highest BCUT2D eigenvalue weighted by Crippen LogP contribution is 2.18. The molecule has 0 radical (unpaired) electrons. The summed E-state index contributed by atoms with van der Waals surface area (Å²) in [4.78, 5) is 26.2. The van der Waals surface area contributed by atoms with E-state index in [1.807, 2.05) is 37.3 Å². The van der Waals surface area contributed by atoms with Gasteiger partial charge in [-0.1, -0.05) is 24.3 Å². The van der Waals surface area contributed by atoms with Crippen LogP contribution in [0.1, 0.15) is 17.3 Å². The minimum absolute atomic E-state index is 0.0702. The number of nitrogens with one attached hydrogen (secondary N) is 2. The van der Waals surface area contributed by atoms with E-state index < -0.39 is 0 Å². The predicted molar refractivity (Wildman–Crippen MR) is 102 cm³/mol. The molecule has 25 heavy (non-hydrogen) atoms. The van der Waals surface area contributed by atoms with Crippen LogP contribution in [0.3, 0.4) is 0 Å². The summed E-state index contributed by atoms with van der Waals surface area (Å²) in [6.45, 7) is 6.89. The molecule has 0 saturated heterocycles. The zero-order valence-corrected chi connectivity index (χ0v) is 14.4. The van der Waals surface area contributed by atoms with Crippen molar-refractivity contribution in [1.29, 1.82) is 0 Å². The fourth-order valence-electron chi connectivity index (χ4n) is 2.40. The number of rotatable bonds is 8. The van der Waals surface area contributed by atoms with Gasteiger partial charge in [-0.25, -0.2) is 0 Å². The summed E-state index contributed by atoms with van der Waals surface area (Å²) >= 11 is 0. The maximum Gasteiger partial charge on any atom is 0.258 e. The fourth-order valence-corrected chi connectivity index (χ4v) is 2.40. The van der Waals surface area contributed by atoms with Crippen LogP contribution in [-0.4, -0.2) is 31.4 Å². The Morgan fingerprint density at radius 3 is 2.36 bits per heavy atom. The second-order valence-corrected chi connectivity index (χ2v) is 5.43. The maximum absolute atomic E-state index is 12.7. The average molecular weight is 337 g/mol. The quantitative estimate of drug-likeness (QED) is 0.575. The van der Waals surface area contributed by atoms with E-state index in [0.29, 0.717) is 24.3 Å². The largest absolute Gasteiger partial charge is 0.325 e. The van der Waals surface area contributed by atoms with E-state index in [2.05, 4.69) is 17.2 Å². The average Bonchev–Trinajstić information content (AvgIpc) is 2.64. The summed E-state index contributed by atoms with van der Waals surface area (Å²) in [6, 6.07) is 16.5. The molecule has 0 atom stereocenters. The predicted octanol–water partition coefficient (Wildman–Crippen LogP) is 3.07. The van der Waals surface area contributed by atoms with Crippen LogP contribution in [0.4, 0.5) is 11.4 Å². The molecule has 5 heteroatoms. The Hall–Kier alpha value is -2.92. The Labute approximate surface area is 148 Å². The summed E-state index contributed by atoms with van der Waals surface area (Å²) in [5.74, 6) is -0.209. The molecule has 0 unspecified atom stereocenters. The van der Waals surface area contributed by atoms with E-state index >= 15 is 0 Å². The minimum atomic E-state index is -0.139. The summed E-state index contributed by atoms with van der Waals surface area (Å²) in [7, 11) is 0. The zero-order valence-electron chi connectivity index (χ0n) is 14.4. The van der Waals surface area contributed by atoms with Crippen molar-refractivity contribution in [3.63, 3.8) is 0 Å². The van der Waals surface area contributed by atoms with Gasteiger partial charge in [0.25, 0.3) is 5.91 Å². The zero-order chi connectivity index (χ0) is 18.1. The van der Waals surface area contributed by atoms with Gasteiger partial charge in [0.2, 0.25) is 5.91 Å². The van der Waals surface area contributed by atoms with Crippen LogP contribution in [0.2, 0.25) is 0 Å². The molecule has 0 aliphatic carbocycles. The van der Waals surface area contributed by atoms with Crippen LogP contribution in [0.15, 0.2) is 67.3 Å². The molecule has 2 amide bonds. The van der Waals surface area contributed by atoms with Crippen molar-refractivity contribution < 1.29 is 9.59 Å². The number of anilines is 2. The van der Waals surface area contributed by atoms with Gasteiger partial charge in [-0.05, 0) is 43.3 Å². The van der Waals surface area contributed by atoms with E-state index in [4.69, 9.17) is 0 Å². The second-order valence-electron chi connectivity index (χ2n) is 5.43. The molecule has 0 fully saturated rings. The number of benzene rings is 2. The second kappa shape index (κ2) is 9.39. The normalized spacial score (nSPS) is 10.1. The van der Waals surface area contributed by atoms with Crippen molar-refractivity contribution in [3.05, 3.63) is 72.8 Å². The van der Waals surface area contributed by atoms with Crippen LogP contribution in [0.5, 0.6) is 0 Å². The van der Waals surface area contributed by atoms with E-state index in [0.717, 1.165) is 5.69 Å². The molecule has 0 saturated carbocycles. The lowest BCUT2D eigenvalue weighted by Crippen LogP contribution is -2.30. The van der Waals surface area contributed by atoms with Crippen molar-refractivity contribution in [1.82, 2.24) is 5.32 Å². The lowest BCUT2D eigenvalue weighted by Gasteiger charge is -2.21. The number of para-hydroxylation sites is 1. The van der Waals surface area contributed by atoms with Gasteiger partial charge in [-0.2, -0.15) is 0 Å². The summed E-state index contributed by atoms with van der Waals surface area (Å²) in [5, 5.41) is 5.72. The summed E-state index contributed by atoms with van der Waals surface area (Å²) < 4.78 is 0. The van der Waals surface area contributed by atoms with Crippen LogP contribution >= 0.6 is 0 Å². The SMILES string of the molecule is C=CCNCC(=O)Nc1ccc(C(=O)N(CC)c2ccccc2)cc1. The van der Waals surface area contributed by atoms with Crippen LogP contribution in [0, 0.1) is 0 Å². The lowest BCUT2D eigenvalue weighted by molar-refractivity contribution is -0.115. The first kappa shape index (κ1) is 18.4. The van der Waals surface area contributed by atoms with Crippen molar-refractivity contribution in [2.24, 2.45) is 0 Å². The number of hydrogen-bond donors (Lipinski definition) is 2. The first-order chi connectivity index (χ1) is 12.2. The monoisotopic (exact) mass is 337 g/mol. The standard InChI is InChI=1S/C20H23N3O2/c1-3-14-21-15-19(24)22-17-12-10-16(11-13-17)20(25)23(4-2)18-8-6-5-7-9-18/h3,5-13,21H,1,4,14-15H2,2H3,(H,22,24). The first-order valence-electron chi connectivity index (χ1n) is 8.24. The van der Waals surface area contributed by atoms with Gasteiger partial charge < -0.3 is 15.5 Å². The fraction of sp³-hybridized carbons (Fsp3) is 0.200. The Bertz CT molecular complexity index is 711. The smallest absolute Gasteiger partial charge is 0.258 e. The Kier molecular flexibility index (Phi) is 6.92. The summed E-state index contributed by atoms with van der Waals surface area (Å²) in [5.41, 5.74) is 2.10. The highest BCUT2D eigenvalue weighted by molar-refractivity contribution is 6.06. The maximum atomic E-state index is 12.7. The third kappa shape index (κ3) is 5.29. The van der Waals surface area contributed by atoms with E-state index in [9.17, 15) is 9.59 Å². The van der Waals surface area contributed by atoms with Gasteiger partial charge in [0.05, 0.1) is 6.54 Å². The van der Waals surface area contributed by atoms with Crippen molar-refractivity contribution in [3.8, 4) is 0 Å². The van der Waals surface area contributed by atoms with Crippen LogP contribution in [-0.2, 0) is 4.79 Å². The topological polar surface area (TPSA) is 61.4 Å². The Balaban J connectivity index is 2.02. The number of nitrogens with zero attached hydrogens (tertiary/aromatic N) is 1. The van der Waals surface area contributed by atoms with Crippen LogP contribution in [0.25, 0.3) is 0 Å². The molecular weight excluding hydrogens is 314 g/mol. The highest BCUT2D eigenvalue weighted by atomic mass is 16.2. The lowest BCUT2D eigenvalue weighted by atomic mass is 10.1. The molecule has 2 N–H and O–H groups in total. The van der Waals surface area contributed by atoms with E-state index in [1.54, 1.807) is 35.2 Å². The van der Waals surface area contributed by atoms with Gasteiger partial charge in [0.1, 0.15) is 0 Å². The molecule has 130 valence electrons. The van der Waals surface area contributed by atoms with Crippen molar-refractivity contribution in [2.75, 3.05) is 29.9 Å². The van der Waals surface area contributed by atoms with Crippen molar-refractivity contribution in [2.45, 2.75) is 6.92 Å². The molecule has 2 rings (SSSR count). The Morgan fingerprint density at radius 2 is 1.76 bits per heavy atom. The number of hydrogen-bond acceptors (Lipinski definition) is 3. The highest BCUT2D eigenvalue weighted by Gasteiger charge is 2.15. The van der Waals surface area contributed by atoms with Gasteiger partial charge in [-0.3, -0.25) is 9.59 Å². The van der Waals surface area contributed by atoms with Gasteiger partial charge in [0, 0.05) is 30.0 Å². The van der Waals surface area contributed by atoms with Crippen LogP contribution < -0.4 is 15.5 Å². The molecule has 0 spiro atoms. The van der Waals surface area contributed by atoms with E-state index in [-0.39, 0.29) is 18.4 Å². The summed E-state index contributed by atoms with van der Waals surface area (Å²) in [6.07, 6.45) is 1.69. The van der Waals surface area contributed by atoms with E-state index in [1.165, 1.54) is 0 Å². The van der Waals surface area contributed by atoms with Gasteiger partial charge in [0.15, 0.2) is 0 Å². The van der Waals surface area contributed by atoms with Gasteiger partial charge >= 0.3 is 0 Å². The molecule has 5 nitrogen and oxygen atoms in total. The molecular formula is C20H23N3O2. The third-order valence-electron chi connectivity index (χ3n) is 3.62. The van der Waals surface area contributed by atoms with Gasteiger partial charge in [-0.15, -0.1) is 6.58 Å². The minimum Gasteiger partial charge on any atom is -0.325 e. The first-order valence-corrected chi connectivity index (χ1v) is 8.24. The Morgan fingerprint density at radius 1 is 1.08 bits per heavy atom. The number of amides is 2. The third-order valence-corrected chi connectivity index (χ3v) is 3.62. The van der Waals surface area contributed by atoms with Crippen molar-refractivity contribution >= 4 is 23.2 Å². The number of carbonyl (C=O) groups excluding carboxylic acids is 2.